The summed E-state index contributed by atoms with van der Waals surface area (Å²) in [4.78, 5) is 18.5. The van der Waals surface area contributed by atoms with E-state index in [0.717, 1.165) is 12.1 Å². The van der Waals surface area contributed by atoms with Crippen molar-refractivity contribution in [3.05, 3.63) is 32.4 Å². The fourth-order valence-electron chi connectivity index (χ4n) is 0.886. The molecule has 2 N–H and O–H groups in total. The van der Waals surface area contributed by atoms with Gasteiger partial charge in [-0.15, -0.1) is 0 Å². The quantitative estimate of drug-likeness (QED) is 0.415. The van der Waals surface area contributed by atoms with Gasteiger partial charge >= 0.3 is 11.4 Å². The largest absolute Gasteiger partial charge is 0.504 e. The van der Waals surface area contributed by atoms with Gasteiger partial charge in [0.05, 0.1) is 9.85 Å². The average Bonchev–Trinajstić information content (AvgIpc) is 2.08. The minimum atomic E-state index is -1.13. The Bertz CT molecular complexity index is 415. The summed E-state index contributed by atoms with van der Waals surface area (Å²) in [6, 6.07) is 1.55. The normalized spacial score (nSPS) is 9.71. The molecule has 1 aromatic rings. The van der Waals surface area contributed by atoms with Crippen molar-refractivity contribution in [2.24, 2.45) is 0 Å². The van der Waals surface area contributed by atoms with Crippen LogP contribution in [0.3, 0.4) is 0 Å². The topological polar surface area (TPSA) is 127 Å². The molecule has 8 nitrogen and oxygen atoms in total. The van der Waals surface area contributed by atoms with Crippen LogP contribution in [0.5, 0.6) is 11.5 Å². The fourth-order valence-corrected chi connectivity index (χ4v) is 0.886. The average molecular weight is 200 g/mol. The van der Waals surface area contributed by atoms with Gasteiger partial charge in [-0.1, -0.05) is 0 Å². The number of phenols is 2. The molecule has 14 heavy (non-hydrogen) atoms. The minimum Gasteiger partial charge on any atom is -0.504 e. The lowest BCUT2D eigenvalue weighted by Gasteiger charge is -1.98. The molecule has 8 heteroatoms. The van der Waals surface area contributed by atoms with E-state index in [0.29, 0.717) is 0 Å². The monoisotopic (exact) mass is 200 g/mol. The third kappa shape index (κ3) is 1.40. The van der Waals surface area contributed by atoms with Crippen LogP contribution in [0.25, 0.3) is 0 Å². The highest BCUT2D eigenvalue weighted by molar-refractivity contribution is 5.66. The Hall–Kier alpha value is -2.38. The second-order valence-electron chi connectivity index (χ2n) is 2.32. The first-order valence-corrected chi connectivity index (χ1v) is 3.29. The first-order valence-electron chi connectivity index (χ1n) is 3.29. The molecule has 0 aromatic heterocycles. The molecule has 0 aliphatic carbocycles. The summed E-state index contributed by atoms with van der Waals surface area (Å²) < 4.78 is 0. The van der Waals surface area contributed by atoms with Crippen molar-refractivity contribution in [3.8, 4) is 11.5 Å². The SMILES string of the molecule is O=[N+]([O-])c1ccc(O)c(O)c1[N+](=O)[O-]. The smallest absolute Gasteiger partial charge is 0.391 e. The summed E-state index contributed by atoms with van der Waals surface area (Å²) in [5.41, 5.74) is -1.99. The first kappa shape index (κ1) is 9.71. The van der Waals surface area contributed by atoms with Crippen LogP contribution in [0.2, 0.25) is 0 Å². The maximum absolute atomic E-state index is 10.3. The van der Waals surface area contributed by atoms with Gasteiger partial charge in [0, 0.05) is 6.07 Å². The molecule has 0 atom stereocenters. The molecule has 0 radical (unpaired) electrons. The number of nitrogens with zero attached hydrogens (tertiary/aromatic N) is 2. The van der Waals surface area contributed by atoms with Crippen molar-refractivity contribution in [3.63, 3.8) is 0 Å². The number of aromatic hydroxyl groups is 2. The lowest BCUT2D eigenvalue weighted by Crippen LogP contribution is -1.96. The standard InChI is InChI=1S/C6H4N2O6/c9-4-2-1-3(7(11)12)5(6(4)10)8(13)14/h1-2,9-10H. The number of hydrogen-bond acceptors (Lipinski definition) is 6. The molecule has 0 saturated carbocycles. The van der Waals surface area contributed by atoms with Gasteiger partial charge in [-0.3, -0.25) is 20.2 Å². The highest BCUT2D eigenvalue weighted by Gasteiger charge is 2.30. The predicted molar refractivity (Wildman–Crippen MR) is 43.1 cm³/mol. The first-order chi connectivity index (χ1) is 6.45. The second-order valence-corrected chi connectivity index (χ2v) is 2.32. The van der Waals surface area contributed by atoms with E-state index in [9.17, 15) is 20.2 Å². The highest BCUT2D eigenvalue weighted by Crippen LogP contribution is 2.41. The number of rotatable bonds is 2. The van der Waals surface area contributed by atoms with Crippen molar-refractivity contribution in [2.45, 2.75) is 0 Å². The Morgan fingerprint density at radius 1 is 1.07 bits per heavy atom. The molecule has 0 saturated heterocycles. The van der Waals surface area contributed by atoms with Crippen LogP contribution in [-0.2, 0) is 0 Å². The van der Waals surface area contributed by atoms with E-state index < -0.39 is 32.7 Å². The second kappa shape index (κ2) is 3.17. The van der Waals surface area contributed by atoms with E-state index in [4.69, 9.17) is 10.2 Å². The number of nitro groups is 2. The maximum atomic E-state index is 10.3. The third-order valence-electron chi connectivity index (χ3n) is 1.49. The summed E-state index contributed by atoms with van der Waals surface area (Å²) in [6.45, 7) is 0. The Balaban J connectivity index is 3.53. The Morgan fingerprint density at radius 3 is 2.07 bits per heavy atom. The van der Waals surface area contributed by atoms with E-state index in [1.54, 1.807) is 0 Å². The van der Waals surface area contributed by atoms with Gasteiger partial charge in [0.15, 0.2) is 5.75 Å². The Labute approximate surface area is 76.3 Å². The maximum Gasteiger partial charge on any atom is 0.391 e. The minimum absolute atomic E-state index is 0.743. The van der Waals surface area contributed by atoms with E-state index in [1.807, 2.05) is 0 Å². The van der Waals surface area contributed by atoms with Crippen molar-refractivity contribution in [1.29, 1.82) is 0 Å². The molecule has 0 aliphatic rings. The van der Waals surface area contributed by atoms with Crippen molar-refractivity contribution >= 4 is 11.4 Å². The van der Waals surface area contributed by atoms with Crippen LogP contribution < -0.4 is 0 Å². The molecule has 0 heterocycles. The molecule has 0 bridgehead atoms. The summed E-state index contributed by atoms with van der Waals surface area (Å²) in [7, 11) is 0. The van der Waals surface area contributed by atoms with Gasteiger partial charge in [0.2, 0.25) is 5.75 Å². The summed E-state index contributed by atoms with van der Waals surface area (Å²) in [6.07, 6.45) is 0. The van der Waals surface area contributed by atoms with E-state index >= 15 is 0 Å². The van der Waals surface area contributed by atoms with Crippen molar-refractivity contribution in [1.82, 2.24) is 0 Å². The van der Waals surface area contributed by atoms with Crippen LogP contribution in [-0.4, -0.2) is 20.1 Å². The van der Waals surface area contributed by atoms with Gasteiger partial charge in [-0.25, -0.2) is 0 Å². The highest BCUT2D eigenvalue weighted by atomic mass is 16.6. The molecule has 0 spiro atoms. The number of nitro benzene ring substituents is 2. The van der Waals surface area contributed by atoms with Gasteiger partial charge < -0.3 is 10.2 Å². The predicted octanol–water partition coefficient (Wildman–Crippen LogP) is 0.914. The summed E-state index contributed by atoms with van der Waals surface area (Å²) in [5, 5.41) is 38.5. The van der Waals surface area contributed by atoms with E-state index in [2.05, 4.69) is 0 Å². The van der Waals surface area contributed by atoms with Gasteiger partial charge in [0.1, 0.15) is 0 Å². The Morgan fingerprint density at radius 2 is 1.64 bits per heavy atom. The fraction of sp³-hybridized carbons (Fsp3) is 0. The third-order valence-corrected chi connectivity index (χ3v) is 1.49. The molecule has 0 amide bonds. The molecular formula is C6H4N2O6. The number of benzene rings is 1. The zero-order chi connectivity index (χ0) is 10.9. The van der Waals surface area contributed by atoms with Crippen LogP contribution in [0, 0.1) is 20.2 Å². The van der Waals surface area contributed by atoms with Crippen molar-refractivity contribution in [2.75, 3.05) is 0 Å². The zero-order valence-electron chi connectivity index (χ0n) is 6.58. The van der Waals surface area contributed by atoms with Crippen LogP contribution in [0.1, 0.15) is 0 Å². The molecule has 1 aromatic carbocycles. The molecular weight excluding hydrogens is 196 g/mol. The Kier molecular flexibility index (Phi) is 2.19. The number of hydrogen-bond donors (Lipinski definition) is 2. The molecule has 0 unspecified atom stereocenters. The van der Waals surface area contributed by atoms with E-state index in [-0.39, 0.29) is 0 Å². The number of phenolic OH excluding ortho intramolecular Hbond substituents is 2. The van der Waals surface area contributed by atoms with Crippen molar-refractivity contribution < 1.29 is 20.1 Å². The van der Waals surface area contributed by atoms with Gasteiger partial charge in [0.25, 0.3) is 0 Å². The van der Waals surface area contributed by atoms with E-state index in [1.165, 1.54) is 0 Å². The lowest BCUT2D eigenvalue weighted by atomic mass is 10.2. The van der Waals surface area contributed by atoms with Crippen LogP contribution >= 0.6 is 0 Å². The zero-order valence-corrected chi connectivity index (χ0v) is 6.58. The molecule has 74 valence electrons. The summed E-state index contributed by atoms with van der Waals surface area (Å²) >= 11 is 0. The summed E-state index contributed by atoms with van der Waals surface area (Å²) in [5.74, 6) is -1.88. The van der Waals surface area contributed by atoms with Crippen LogP contribution in [0.4, 0.5) is 11.4 Å². The molecule has 1 rings (SSSR count). The van der Waals surface area contributed by atoms with Gasteiger partial charge in [-0.05, 0) is 6.07 Å². The van der Waals surface area contributed by atoms with Crippen LogP contribution in [0.15, 0.2) is 12.1 Å². The molecule has 0 aliphatic heterocycles. The van der Waals surface area contributed by atoms with Gasteiger partial charge in [-0.2, -0.15) is 0 Å². The molecule has 0 fully saturated rings. The lowest BCUT2D eigenvalue weighted by molar-refractivity contribution is -0.423.